The summed E-state index contributed by atoms with van der Waals surface area (Å²) in [4.78, 5) is 30.6. The van der Waals surface area contributed by atoms with Crippen molar-refractivity contribution in [3.8, 4) is 0 Å². The second-order valence-electron chi connectivity index (χ2n) is 8.52. The van der Waals surface area contributed by atoms with Crippen LogP contribution in [0.2, 0.25) is 10.0 Å². The van der Waals surface area contributed by atoms with Gasteiger partial charge in [0.25, 0.3) is 5.56 Å². The smallest absolute Gasteiger partial charge is 0.261 e. The molecule has 1 saturated heterocycles. The molecule has 2 heterocycles. The maximum absolute atomic E-state index is 15.1. The number of rotatable bonds is 4. The van der Waals surface area contributed by atoms with Crippen LogP contribution < -0.4 is 10.9 Å². The fraction of sp³-hybridized carbons (Fsp3) is 0.348. The first-order valence-electron chi connectivity index (χ1n) is 10.4. The second-order valence-corrected chi connectivity index (χ2v) is 9.31. The van der Waals surface area contributed by atoms with Gasteiger partial charge in [-0.1, -0.05) is 23.2 Å². The molecule has 0 spiro atoms. The topological polar surface area (TPSA) is 67.2 Å². The maximum atomic E-state index is 15.1. The summed E-state index contributed by atoms with van der Waals surface area (Å²) >= 11 is 12.6. The molecule has 1 amide bonds. The van der Waals surface area contributed by atoms with Crippen molar-refractivity contribution in [1.29, 1.82) is 0 Å². The second kappa shape index (κ2) is 8.57. The van der Waals surface area contributed by atoms with E-state index in [9.17, 15) is 14.0 Å². The summed E-state index contributed by atoms with van der Waals surface area (Å²) in [5.74, 6) is -1.49. The van der Waals surface area contributed by atoms with Crippen LogP contribution in [0.25, 0.3) is 10.9 Å². The molecule has 1 aromatic heterocycles. The van der Waals surface area contributed by atoms with Crippen LogP contribution in [0.3, 0.4) is 0 Å². The number of halogens is 4. The molecule has 0 unspecified atom stereocenters. The van der Waals surface area contributed by atoms with Crippen LogP contribution in [0.1, 0.15) is 38.8 Å². The van der Waals surface area contributed by atoms with Crippen molar-refractivity contribution >= 4 is 45.7 Å². The van der Waals surface area contributed by atoms with E-state index in [4.69, 9.17) is 23.2 Å². The van der Waals surface area contributed by atoms with Crippen LogP contribution in [0, 0.1) is 11.6 Å². The van der Waals surface area contributed by atoms with E-state index in [1.54, 1.807) is 4.90 Å². The third kappa shape index (κ3) is 4.06. The number of hydrogen-bond acceptors (Lipinski definition) is 4. The van der Waals surface area contributed by atoms with E-state index in [0.717, 1.165) is 0 Å². The summed E-state index contributed by atoms with van der Waals surface area (Å²) in [6, 6.07) is 5.07. The van der Waals surface area contributed by atoms with Crippen molar-refractivity contribution < 1.29 is 13.6 Å². The van der Waals surface area contributed by atoms with Gasteiger partial charge >= 0.3 is 0 Å². The predicted molar refractivity (Wildman–Crippen MR) is 125 cm³/mol. The van der Waals surface area contributed by atoms with E-state index >= 15 is 4.39 Å². The number of nitrogens with one attached hydrogen (secondary N) is 1. The highest BCUT2D eigenvalue weighted by molar-refractivity contribution is 6.42. The maximum Gasteiger partial charge on any atom is 0.261 e. The average molecular weight is 495 g/mol. The molecular formula is C23H22Cl2F2N4O2. The van der Waals surface area contributed by atoms with Gasteiger partial charge in [0, 0.05) is 37.3 Å². The Hall–Kier alpha value is -2.71. The third-order valence-electron chi connectivity index (χ3n) is 6.02. The largest absolute Gasteiger partial charge is 0.373 e. The van der Waals surface area contributed by atoms with E-state index in [-0.39, 0.29) is 50.7 Å². The molecule has 6 nitrogen and oxygen atoms in total. The number of nitrogens with zero attached hydrogens (tertiary/aromatic N) is 3. The number of anilines is 1. The summed E-state index contributed by atoms with van der Waals surface area (Å²) in [5, 5.41) is 3.44. The number of carbonyl (C=O) groups is 1. The molecule has 1 fully saturated rings. The summed E-state index contributed by atoms with van der Waals surface area (Å²) in [7, 11) is 0. The lowest BCUT2D eigenvalue weighted by Gasteiger charge is -2.33. The van der Waals surface area contributed by atoms with Gasteiger partial charge in [-0.05, 0) is 44.5 Å². The van der Waals surface area contributed by atoms with Crippen LogP contribution in [0.15, 0.2) is 35.4 Å². The van der Waals surface area contributed by atoms with Gasteiger partial charge in [-0.15, -0.1) is 0 Å². The highest BCUT2D eigenvalue weighted by Gasteiger charge is 2.44. The highest BCUT2D eigenvalue weighted by atomic mass is 35.5. The standard InChI is InChI=1S/C23H22Cl2F2N4O2/c1-12(2)31-11-28-21-15(22(31)33)8-14(9-18(21)27)29-23(6-7-30(10-23)13(3)32)19-17(26)5-4-16(24)20(19)25/h4-5,8-9,11-12,29H,6-7,10H2,1-3H3/t23-/m1/s1. The SMILES string of the molecule is CC(=O)N1CC[C@](Nc2cc(F)c3ncn(C(C)C)c(=O)c3c2)(c2c(F)ccc(Cl)c2Cl)C1. The number of likely N-dealkylation sites (tertiary alicyclic amines) is 1. The molecule has 0 radical (unpaired) electrons. The lowest BCUT2D eigenvalue weighted by Crippen LogP contribution is -2.41. The van der Waals surface area contributed by atoms with Gasteiger partial charge in [-0.3, -0.25) is 14.2 Å². The Kier molecular flexibility index (Phi) is 6.09. The molecule has 1 aliphatic rings. The van der Waals surface area contributed by atoms with Gasteiger partial charge in [-0.25, -0.2) is 13.8 Å². The molecule has 1 aliphatic heterocycles. The van der Waals surface area contributed by atoms with Gasteiger partial charge < -0.3 is 10.2 Å². The van der Waals surface area contributed by atoms with Crippen molar-refractivity contribution in [2.45, 2.75) is 38.8 Å². The molecule has 10 heteroatoms. The van der Waals surface area contributed by atoms with Crippen molar-refractivity contribution in [1.82, 2.24) is 14.5 Å². The van der Waals surface area contributed by atoms with Crippen LogP contribution in [0.4, 0.5) is 14.5 Å². The number of amides is 1. The first-order valence-corrected chi connectivity index (χ1v) is 11.2. The first kappa shape index (κ1) is 23.4. The molecular weight excluding hydrogens is 473 g/mol. The summed E-state index contributed by atoms with van der Waals surface area (Å²) in [6.45, 7) is 5.48. The number of fused-ring (bicyclic) bond motifs is 1. The zero-order valence-electron chi connectivity index (χ0n) is 18.3. The zero-order valence-corrected chi connectivity index (χ0v) is 19.8. The van der Waals surface area contributed by atoms with Crippen molar-refractivity contribution in [3.63, 3.8) is 0 Å². The van der Waals surface area contributed by atoms with Gasteiger partial charge in [-0.2, -0.15) is 0 Å². The minimum atomic E-state index is -1.18. The first-order chi connectivity index (χ1) is 15.5. The zero-order chi connectivity index (χ0) is 24.1. The number of hydrogen-bond donors (Lipinski definition) is 1. The fourth-order valence-corrected chi connectivity index (χ4v) is 4.83. The Morgan fingerprint density at radius 3 is 2.58 bits per heavy atom. The van der Waals surface area contributed by atoms with Gasteiger partial charge in [0.2, 0.25) is 5.91 Å². The van der Waals surface area contributed by atoms with Gasteiger partial charge in [0.05, 0.1) is 27.3 Å². The number of aromatic nitrogens is 2. The Bertz CT molecular complexity index is 1330. The van der Waals surface area contributed by atoms with Crippen molar-refractivity contribution in [3.05, 3.63) is 68.2 Å². The minimum absolute atomic E-state index is 0.0136. The Labute approximate surface area is 199 Å². The van der Waals surface area contributed by atoms with Crippen molar-refractivity contribution in [2.24, 2.45) is 0 Å². The van der Waals surface area contributed by atoms with E-state index in [0.29, 0.717) is 13.0 Å². The average Bonchev–Trinajstić information content (AvgIpc) is 3.16. The normalized spacial score (nSPS) is 18.4. The van der Waals surface area contributed by atoms with Crippen LogP contribution in [-0.2, 0) is 10.3 Å². The molecule has 33 heavy (non-hydrogen) atoms. The van der Waals surface area contributed by atoms with E-state index in [2.05, 4.69) is 10.3 Å². The fourth-order valence-electron chi connectivity index (χ4n) is 4.33. The Balaban J connectivity index is 1.89. The molecule has 1 N–H and O–H groups in total. The summed E-state index contributed by atoms with van der Waals surface area (Å²) in [6.07, 6.45) is 1.61. The monoisotopic (exact) mass is 494 g/mol. The quantitative estimate of drug-likeness (QED) is 0.511. The van der Waals surface area contributed by atoms with E-state index in [1.165, 1.54) is 42.1 Å². The third-order valence-corrected chi connectivity index (χ3v) is 6.82. The minimum Gasteiger partial charge on any atom is -0.373 e. The molecule has 4 rings (SSSR count). The summed E-state index contributed by atoms with van der Waals surface area (Å²) in [5.41, 5.74) is -1.31. The molecule has 0 bridgehead atoms. The van der Waals surface area contributed by atoms with Crippen LogP contribution in [-0.4, -0.2) is 33.4 Å². The lowest BCUT2D eigenvalue weighted by atomic mass is 9.87. The lowest BCUT2D eigenvalue weighted by molar-refractivity contribution is -0.127. The molecule has 0 aliphatic carbocycles. The Morgan fingerprint density at radius 1 is 1.21 bits per heavy atom. The predicted octanol–water partition coefficient (Wildman–Crippen LogP) is 5.12. The molecule has 0 saturated carbocycles. The molecule has 174 valence electrons. The van der Waals surface area contributed by atoms with E-state index < -0.39 is 22.7 Å². The van der Waals surface area contributed by atoms with Gasteiger partial charge in [0.15, 0.2) is 5.82 Å². The van der Waals surface area contributed by atoms with Crippen LogP contribution >= 0.6 is 23.2 Å². The molecule has 2 aromatic carbocycles. The van der Waals surface area contributed by atoms with Crippen molar-refractivity contribution in [2.75, 3.05) is 18.4 Å². The summed E-state index contributed by atoms with van der Waals surface area (Å²) < 4.78 is 31.4. The van der Waals surface area contributed by atoms with Crippen LogP contribution in [0.5, 0.6) is 0 Å². The number of benzene rings is 2. The molecule has 1 atom stereocenters. The van der Waals surface area contributed by atoms with E-state index in [1.807, 2.05) is 13.8 Å². The highest BCUT2D eigenvalue weighted by Crippen LogP contribution is 2.43. The van der Waals surface area contributed by atoms with Gasteiger partial charge in [0.1, 0.15) is 11.3 Å². The molecule has 3 aromatic rings. The number of carbonyl (C=O) groups excluding carboxylic acids is 1. The Morgan fingerprint density at radius 2 is 1.94 bits per heavy atom.